The number of likely N-dealkylation sites (tertiary alicyclic amines) is 1. The lowest BCUT2D eigenvalue weighted by molar-refractivity contribution is 0.0582. The van der Waals surface area contributed by atoms with Crippen LogP contribution in [0.3, 0.4) is 0 Å². The van der Waals surface area contributed by atoms with Crippen LogP contribution in [0.4, 0.5) is 5.69 Å². The highest BCUT2D eigenvalue weighted by molar-refractivity contribution is 9.10. The summed E-state index contributed by atoms with van der Waals surface area (Å²) in [6, 6.07) is 5.37. The molecule has 4 heteroatoms. The largest absolute Gasteiger partial charge is 0.399 e. The molecule has 2 N–H and O–H groups in total. The molecule has 0 saturated carbocycles. The summed E-state index contributed by atoms with van der Waals surface area (Å²) in [6.07, 6.45) is 2.24. The minimum atomic E-state index is 0.0713. The third kappa shape index (κ3) is 2.86. The molecule has 1 aliphatic rings. The van der Waals surface area contributed by atoms with Crippen molar-refractivity contribution in [1.29, 1.82) is 0 Å². The maximum absolute atomic E-state index is 12.5. The zero-order valence-electron chi connectivity index (χ0n) is 10.9. The second kappa shape index (κ2) is 4.92. The molecule has 1 aliphatic heterocycles. The van der Waals surface area contributed by atoms with E-state index in [9.17, 15) is 4.79 Å². The first kappa shape index (κ1) is 13.4. The maximum atomic E-state index is 12.5. The summed E-state index contributed by atoms with van der Waals surface area (Å²) in [4.78, 5) is 14.4. The van der Waals surface area contributed by atoms with Gasteiger partial charge in [0.1, 0.15) is 0 Å². The van der Waals surface area contributed by atoms with Gasteiger partial charge < -0.3 is 10.6 Å². The van der Waals surface area contributed by atoms with Gasteiger partial charge in [0.15, 0.2) is 0 Å². The SMILES string of the molecule is CC1(C)CCCN(C(=O)c2cc(N)ccc2Br)C1. The minimum Gasteiger partial charge on any atom is -0.399 e. The van der Waals surface area contributed by atoms with Crippen molar-refractivity contribution in [2.24, 2.45) is 5.41 Å². The molecule has 2 rings (SSSR count). The van der Waals surface area contributed by atoms with Gasteiger partial charge in [-0.15, -0.1) is 0 Å². The molecular formula is C14H19BrN2O. The zero-order chi connectivity index (χ0) is 13.3. The standard InChI is InChI=1S/C14H19BrN2O/c1-14(2)6-3-7-17(9-14)13(18)11-8-10(16)4-5-12(11)15/h4-5,8H,3,6-7,9,16H2,1-2H3. The van der Waals surface area contributed by atoms with E-state index in [0.717, 1.165) is 24.0 Å². The lowest BCUT2D eigenvalue weighted by Gasteiger charge is -2.38. The molecule has 1 aromatic rings. The fourth-order valence-electron chi connectivity index (χ4n) is 2.47. The topological polar surface area (TPSA) is 46.3 Å². The summed E-state index contributed by atoms with van der Waals surface area (Å²) in [5, 5.41) is 0. The first-order chi connectivity index (χ1) is 8.39. The molecule has 1 amide bonds. The molecule has 3 nitrogen and oxygen atoms in total. The number of hydrogen-bond acceptors (Lipinski definition) is 2. The molecule has 0 spiro atoms. The van der Waals surface area contributed by atoms with E-state index in [4.69, 9.17) is 5.73 Å². The van der Waals surface area contributed by atoms with Crippen LogP contribution >= 0.6 is 15.9 Å². The van der Waals surface area contributed by atoms with Crippen molar-refractivity contribution >= 4 is 27.5 Å². The second-order valence-corrected chi connectivity index (χ2v) is 6.59. The van der Waals surface area contributed by atoms with Crippen molar-refractivity contribution in [2.75, 3.05) is 18.8 Å². The van der Waals surface area contributed by atoms with Crippen LogP contribution in [0.5, 0.6) is 0 Å². The Kier molecular flexibility index (Phi) is 3.66. The predicted octanol–water partition coefficient (Wildman–Crippen LogP) is 3.29. The smallest absolute Gasteiger partial charge is 0.255 e. The number of amides is 1. The number of nitrogens with two attached hydrogens (primary N) is 1. The Morgan fingerprint density at radius 3 is 2.83 bits per heavy atom. The van der Waals surface area contributed by atoms with Gasteiger partial charge >= 0.3 is 0 Å². The van der Waals surface area contributed by atoms with Gasteiger partial charge in [0, 0.05) is 23.2 Å². The lowest BCUT2D eigenvalue weighted by Crippen LogP contribution is -2.43. The second-order valence-electron chi connectivity index (χ2n) is 5.73. The number of nitrogens with zero attached hydrogens (tertiary/aromatic N) is 1. The van der Waals surface area contributed by atoms with Gasteiger partial charge in [0.25, 0.3) is 5.91 Å². The van der Waals surface area contributed by atoms with Crippen molar-refractivity contribution in [3.8, 4) is 0 Å². The third-order valence-electron chi connectivity index (χ3n) is 3.41. The van der Waals surface area contributed by atoms with E-state index in [1.807, 2.05) is 11.0 Å². The molecule has 0 radical (unpaired) electrons. The van der Waals surface area contributed by atoms with E-state index in [1.54, 1.807) is 12.1 Å². The Balaban J connectivity index is 2.23. The predicted molar refractivity (Wildman–Crippen MR) is 77.5 cm³/mol. The maximum Gasteiger partial charge on any atom is 0.255 e. The molecule has 0 unspecified atom stereocenters. The summed E-state index contributed by atoms with van der Waals surface area (Å²) >= 11 is 3.42. The number of carbonyl (C=O) groups excluding carboxylic acids is 1. The molecule has 0 aliphatic carbocycles. The number of benzene rings is 1. The molecular weight excluding hydrogens is 292 g/mol. The number of halogens is 1. The summed E-state index contributed by atoms with van der Waals surface area (Å²) in [5.41, 5.74) is 7.25. The Labute approximate surface area is 116 Å². The Hall–Kier alpha value is -1.03. The van der Waals surface area contributed by atoms with Gasteiger partial charge in [-0.05, 0) is 52.4 Å². The summed E-state index contributed by atoms with van der Waals surface area (Å²) < 4.78 is 0.810. The minimum absolute atomic E-state index is 0.0713. The molecule has 98 valence electrons. The van der Waals surface area contributed by atoms with Gasteiger partial charge in [-0.25, -0.2) is 0 Å². The van der Waals surface area contributed by atoms with Crippen LogP contribution in [0, 0.1) is 5.41 Å². The van der Waals surface area contributed by atoms with Gasteiger partial charge in [0.2, 0.25) is 0 Å². The van der Waals surface area contributed by atoms with E-state index in [1.165, 1.54) is 6.42 Å². The van der Waals surface area contributed by atoms with Crippen LogP contribution in [-0.2, 0) is 0 Å². The Bertz CT molecular complexity index is 471. The first-order valence-electron chi connectivity index (χ1n) is 6.23. The average Bonchev–Trinajstić information content (AvgIpc) is 2.30. The lowest BCUT2D eigenvalue weighted by atomic mass is 9.84. The average molecular weight is 311 g/mol. The first-order valence-corrected chi connectivity index (χ1v) is 7.03. The van der Waals surface area contributed by atoms with Crippen molar-refractivity contribution in [1.82, 2.24) is 4.90 Å². The van der Waals surface area contributed by atoms with E-state index in [2.05, 4.69) is 29.8 Å². The molecule has 0 atom stereocenters. The fraction of sp³-hybridized carbons (Fsp3) is 0.500. The van der Waals surface area contributed by atoms with Crippen LogP contribution in [-0.4, -0.2) is 23.9 Å². The molecule has 1 fully saturated rings. The molecule has 1 saturated heterocycles. The molecule has 1 heterocycles. The molecule has 18 heavy (non-hydrogen) atoms. The number of hydrogen-bond donors (Lipinski definition) is 1. The highest BCUT2D eigenvalue weighted by atomic mass is 79.9. The van der Waals surface area contributed by atoms with Crippen molar-refractivity contribution in [3.63, 3.8) is 0 Å². The van der Waals surface area contributed by atoms with Crippen LogP contribution in [0.2, 0.25) is 0 Å². The van der Waals surface area contributed by atoms with E-state index in [-0.39, 0.29) is 11.3 Å². The summed E-state index contributed by atoms with van der Waals surface area (Å²) in [7, 11) is 0. The highest BCUT2D eigenvalue weighted by Gasteiger charge is 2.30. The van der Waals surface area contributed by atoms with Crippen molar-refractivity contribution < 1.29 is 4.79 Å². The van der Waals surface area contributed by atoms with Gasteiger partial charge in [-0.2, -0.15) is 0 Å². The Morgan fingerprint density at radius 1 is 1.44 bits per heavy atom. The molecule has 1 aromatic carbocycles. The molecule has 0 bridgehead atoms. The number of nitrogen functional groups attached to an aromatic ring is 1. The normalized spacial score (nSPS) is 18.7. The van der Waals surface area contributed by atoms with E-state index >= 15 is 0 Å². The van der Waals surface area contributed by atoms with Crippen LogP contribution in [0.15, 0.2) is 22.7 Å². The van der Waals surface area contributed by atoms with E-state index in [0.29, 0.717) is 11.3 Å². The number of rotatable bonds is 1. The van der Waals surface area contributed by atoms with Crippen LogP contribution < -0.4 is 5.73 Å². The fourth-order valence-corrected chi connectivity index (χ4v) is 2.89. The quantitative estimate of drug-likeness (QED) is 0.809. The van der Waals surface area contributed by atoms with Crippen LogP contribution in [0.1, 0.15) is 37.0 Å². The van der Waals surface area contributed by atoms with Crippen molar-refractivity contribution in [3.05, 3.63) is 28.2 Å². The summed E-state index contributed by atoms with van der Waals surface area (Å²) in [5.74, 6) is 0.0713. The van der Waals surface area contributed by atoms with E-state index < -0.39 is 0 Å². The van der Waals surface area contributed by atoms with Crippen molar-refractivity contribution in [2.45, 2.75) is 26.7 Å². The van der Waals surface area contributed by atoms with Crippen LogP contribution in [0.25, 0.3) is 0 Å². The zero-order valence-corrected chi connectivity index (χ0v) is 12.5. The van der Waals surface area contributed by atoms with Gasteiger partial charge in [-0.3, -0.25) is 4.79 Å². The molecule has 0 aromatic heterocycles. The van der Waals surface area contributed by atoms with Gasteiger partial charge in [-0.1, -0.05) is 13.8 Å². The van der Waals surface area contributed by atoms with Gasteiger partial charge in [0.05, 0.1) is 5.56 Å². The number of carbonyl (C=O) groups is 1. The third-order valence-corrected chi connectivity index (χ3v) is 4.10. The number of anilines is 1. The highest BCUT2D eigenvalue weighted by Crippen LogP contribution is 2.30. The summed E-state index contributed by atoms with van der Waals surface area (Å²) in [6.45, 7) is 6.07. The Morgan fingerprint density at radius 2 is 2.17 bits per heavy atom. The number of piperidine rings is 1. The monoisotopic (exact) mass is 310 g/mol.